The molecule has 0 unspecified atom stereocenters. The summed E-state index contributed by atoms with van der Waals surface area (Å²) >= 11 is 0. The molecule has 0 fully saturated rings. The average Bonchev–Trinajstić information content (AvgIpc) is 3.59. The summed E-state index contributed by atoms with van der Waals surface area (Å²) in [6, 6.07) is 51.1. The van der Waals surface area contributed by atoms with Crippen LogP contribution in [-0.2, 0) is 0 Å². The summed E-state index contributed by atoms with van der Waals surface area (Å²) in [5, 5.41) is 7.09. The van der Waals surface area contributed by atoms with Gasteiger partial charge in [0.1, 0.15) is 11.2 Å². The van der Waals surface area contributed by atoms with Crippen molar-refractivity contribution in [1.82, 2.24) is 15.0 Å². The fraction of sp³-hybridized carbons (Fsp3) is 0.0625. The van der Waals surface area contributed by atoms with Crippen LogP contribution in [0.1, 0.15) is 26.1 Å². The molecule has 0 radical (unpaired) electrons. The summed E-state index contributed by atoms with van der Waals surface area (Å²) in [6.07, 6.45) is 7.21. The zero-order chi connectivity index (χ0) is 35.0. The molecular weight excluding hydrogens is 635 g/mol. The lowest BCUT2D eigenvalue weighted by Gasteiger charge is -2.19. The lowest BCUT2D eigenvalue weighted by molar-refractivity contribution is 0.669. The number of hydrogen-bond donors (Lipinski definition) is 0. The maximum absolute atomic E-state index is 6.39. The molecule has 0 aliphatic carbocycles. The number of benzene rings is 7. The number of fused-ring (bicyclic) bond motifs is 6. The van der Waals surface area contributed by atoms with Crippen molar-refractivity contribution in [1.29, 1.82) is 0 Å². The SMILES string of the molecule is C/C=C(\C=C/CC)c1nc(-c2ccccc2)nc(-c2ccc(-c3c(-c4ccc5c(c4)oc4ccccc45)c4ccccc4c4ccccc34)cc2)n1. The number of para-hydroxylation sites is 1. The van der Waals surface area contributed by atoms with Gasteiger partial charge in [0.15, 0.2) is 17.5 Å². The van der Waals surface area contributed by atoms with E-state index in [0.29, 0.717) is 17.5 Å². The van der Waals surface area contributed by atoms with Crippen molar-refractivity contribution in [3.05, 3.63) is 170 Å². The molecule has 0 amide bonds. The van der Waals surface area contributed by atoms with E-state index in [9.17, 15) is 0 Å². The Morgan fingerprint density at radius 1 is 0.500 bits per heavy atom. The van der Waals surface area contributed by atoms with Gasteiger partial charge in [-0.3, -0.25) is 0 Å². The molecule has 0 atom stereocenters. The van der Waals surface area contributed by atoms with Crippen molar-refractivity contribution in [3.8, 4) is 45.0 Å². The highest BCUT2D eigenvalue weighted by molar-refractivity contribution is 6.22. The summed E-state index contributed by atoms with van der Waals surface area (Å²) in [7, 11) is 0. The Bertz CT molecular complexity index is 2830. The minimum Gasteiger partial charge on any atom is -0.456 e. The first kappa shape index (κ1) is 31.3. The summed E-state index contributed by atoms with van der Waals surface area (Å²) < 4.78 is 6.39. The number of allylic oxidation sites excluding steroid dienone is 4. The highest BCUT2D eigenvalue weighted by atomic mass is 16.3. The molecule has 0 aliphatic rings. The Kier molecular flexibility index (Phi) is 7.98. The molecule has 2 aromatic heterocycles. The van der Waals surface area contributed by atoms with Crippen molar-refractivity contribution >= 4 is 49.1 Å². The van der Waals surface area contributed by atoms with Crippen LogP contribution in [0.5, 0.6) is 0 Å². The Morgan fingerprint density at radius 2 is 1.02 bits per heavy atom. The molecule has 4 heteroatoms. The second kappa shape index (κ2) is 13.2. The summed E-state index contributed by atoms with van der Waals surface area (Å²) in [5.41, 5.74) is 9.21. The number of rotatable bonds is 7. The maximum atomic E-state index is 6.39. The van der Waals surface area contributed by atoms with Gasteiger partial charge >= 0.3 is 0 Å². The van der Waals surface area contributed by atoms with Crippen LogP contribution in [0.4, 0.5) is 0 Å². The number of aromatic nitrogens is 3. The third-order valence-corrected chi connectivity index (χ3v) is 9.80. The minimum atomic E-state index is 0.638. The predicted molar refractivity (Wildman–Crippen MR) is 217 cm³/mol. The number of hydrogen-bond acceptors (Lipinski definition) is 4. The quantitative estimate of drug-likeness (QED) is 0.125. The van der Waals surface area contributed by atoms with E-state index in [1.807, 2.05) is 49.4 Å². The largest absolute Gasteiger partial charge is 0.456 e. The first-order valence-electron chi connectivity index (χ1n) is 17.8. The van der Waals surface area contributed by atoms with Gasteiger partial charge in [-0.2, -0.15) is 0 Å². The first-order valence-corrected chi connectivity index (χ1v) is 17.8. The van der Waals surface area contributed by atoms with E-state index in [1.165, 1.54) is 32.7 Å². The van der Waals surface area contributed by atoms with Crippen LogP contribution in [-0.4, -0.2) is 15.0 Å². The molecule has 9 aromatic rings. The van der Waals surface area contributed by atoms with Crippen LogP contribution in [0.3, 0.4) is 0 Å². The van der Waals surface area contributed by atoms with Crippen LogP contribution >= 0.6 is 0 Å². The summed E-state index contributed by atoms with van der Waals surface area (Å²) in [4.78, 5) is 14.9. The van der Waals surface area contributed by atoms with Crippen LogP contribution in [0.25, 0.3) is 94.1 Å². The molecular formula is C48H35N3O. The summed E-state index contributed by atoms with van der Waals surface area (Å²) in [5.74, 6) is 1.94. The van der Waals surface area contributed by atoms with E-state index in [2.05, 4.69) is 128 Å². The fourth-order valence-electron chi connectivity index (χ4n) is 7.30. The van der Waals surface area contributed by atoms with Crippen molar-refractivity contribution in [2.24, 2.45) is 0 Å². The van der Waals surface area contributed by atoms with Gasteiger partial charge < -0.3 is 4.42 Å². The molecule has 0 N–H and O–H groups in total. The van der Waals surface area contributed by atoms with Gasteiger partial charge in [0.25, 0.3) is 0 Å². The van der Waals surface area contributed by atoms with Crippen molar-refractivity contribution in [2.45, 2.75) is 20.3 Å². The Morgan fingerprint density at radius 3 is 1.67 bits per heavy atom. The zero-order valence-corrected chi connectivity index (χ0v) is 29.0. The fourth-order valence-corrected chi connectivity index (χ4v) is 7.30. The third kappa shape index (κ3) is 5.46. The van der Waals surface area contributed by atoms with Gasteiger partial charge in [-0.15, -0.1) is 0 Å². The second-order valence-corrected chi connectivity index (χ2v) is 13.0. The van der Waals surface area contributed by atoms with E-state index in [0.717, 1.165) is 56.2 Å². The van der Waals surface area contributed by atoms with E-state index in [1.54, 1.807) is 0 Å². The van der Waals surface area contributed by atoms with Gasteiger partial charge in [0.05, 0.1) is 0 Å². The van der Waals surface area contributed by atoms with Crippen LogP contribution < -0.4 is 0 Å². The molecule has 0 spiro atoms. The Balaban J connectivity index is 1.24. The summed E-state index contributed by atoms with van der Waals surface area (Å²) in [6.45, 7) is 4.15. The van der Waals surface area contributed by atoms with Crippen molar-refractivity contribution < 1.29 is 4.42 Å². The Labute approximate surface area is 302 Å². The van der Waals surface area contributed by atoms with E-state index in [-0.39, 0.29) is 0 Å². The third-order valence-electron chi connectivity index (χ3n) is 9.80. The minimum absolute atomic E-state index is 0.638. The zero-order valence-electron chi connectivity index (χ0n) is 29.0. The number of nitrogens with zero attached hydrogens (tertiary/aromatic N) is 3. The van der Waals surface area contributed by atoms with E-state index < -0.39 is 0 Å². The average molecular weight is 670 g/mol. The molecule has 52 heavy (non-hydrogen) atoms. The molecule has 0 aliphatic heterocycles. The topological polar surface area (TPSA) is 51.8 Å². The van der Waals surface area contributed by atoms with Crippen molar-refractivity contribution in [2.75, 3.05) is 0 Å². The highest BCUT2D eigenvalue weighted by Crippen LogP contribution is 2.46. The Hall–Kier alpha value is -6.65. The molecule has 248 valence electrons. The smallest absolute Gasteiger partial charge is 0.164 e. The van der Waals surface area contributed by atoms with Crippen LogP contribution in [0.2, 0.25) is 0 Å². The maximum Gasteiger partial charge on any atom is 0.164 e. The van der Waals surface area contributed by atoms with Gasteiger partial charge in [-0.25, -0.2) is 15.0 Å². The lowest BCUT2D eigenvalue weighted by atomic mass is 9.84. The van der Waals surface area contributed by atoms with Gasteiger partial charge in [-0.05, 0) is 75.3 Å². The van der Waals surface area contributed by atoms with Gasteiger partial charge in [0, 0.05) is 27.5 Å². The molecule has 0 saturated carbocycles. The molecule has 0 bridgehead atoms. The van der Waals surface area contributed by atoms with Crippen LogP contribution in [0, 0.1) is 0 Å². The van der Waals surface area contributed by atoms with Crippen molar-refractivity contribution in [3.63, 3.8) is 0 Å². The normalized spacial score (nSPS) is 12.2. The predicted octanol–water partition coefficient (Wildman–Crippen LogP) is 13.1. The number of furan rings is 1. The van der Waals surface area contributed by atoms with Gasteiger partial charge in [0.2, 0.25) is 0 Å². The molecule has 9 rings (SSSR count). The van der Waals surface area contributed by atoms with E-state index in [4.69, 9.17) is 19.4 Å². The molecule has 2 heterocycles. The monoisotopic (exact) mass is 669 g/mol. The van der Waals surface area contributed by atoms with Gasteiger partial charge in [-0.1, -0.05) is 153 Å². The first-order chi connectivity index (χ1) is 25.7. The molecule has 7 aromatic carbocycles. The highest BCUT2D eigenvalue weighted by Gasteiger charge is 2.20. The molecule has 0 saturated heterocycles. The van der Waals surface area contributed by atoms with Crippen LogP contribution in [0.15, 0.2) is 168 Å². The van der Waals surface area contributed by atoms with E-state index >= 15 is 0 Å². The second-order valence-electron chi connectivity index (χ2n) is 13.0. The molecule has 4 nitrogen and oxygen atoms in total. The lowest BCUT2D eigenvalue weighted by Crippen LogP contribution is -2.02. The standard InChI is InChI=1S/C48H35N3O/c1-3-5-15-31(4-2)46-49-47(33-16-7-6-8-17-33)51-48(50-46)34-26-24-32(25-27-34)44-40-21-11-9-18-36(40)37-19-10-12-22-41(37)45(44)35-28-29-39-38-20-13-14-23-42(38)52-43(39)30-35/h4-30H,3H2,1-2H3/b15-5-,31-4+.